The number of ether oxygens (including phenoxy) is 2. The van der Waals surface area contributed by atoms with Crippen LogP contribution in [0.2, 0.25) is 0 Å². The Morgan fingerprint density at radius 1 is 0.548 bits per heavy atom. The van der Waals surface area contributed by atoms with Gasteiger partial charge < -0.3 is 14.6 Å². The fourth-order valence-electron chi connectivity index (χ4n) is 3.25. The first-order chi connectivity index (χ1) is 20.6. The summed E-state index contributed by atoms with van der Waals surface area (Å²) in [7, 11) is 0. The van der Waals surface area contributed by atoms with E-state index in [0.29, 0.717) is 12.8 Å². The second-order valence-electron chi connectivity index (χ2n) is 9.31. The van der Waals surface area contributed by atoms with E-state index in [0.717, 1.165) is 38.5 Å². The van der Waals surface area contributed by atoms with Gasteiger partial charge in [-0.15, -0.1) is 0 Å². The molecule has 1 N–H and O–H groups in total. The fourth-order valence-corrected chi connectivity index (χ4v) is 3.25. The van der Waals surface area contributed by atoms with Gasteiger partial charge in [-0.05, 0) is 44.9 Å². The summed E-state index contributed by atoms with van der Waals surface area (Å²) in [5.74, 6) is -0.747. The Balaban J connectivity index is 3.90. The molecule has 0 aromatic carbocycles. The molecule has 5 nitrogen and oxygen atoms in total. The lowest BCUT2D eigenvalue weighted by molar-refractivity contribution is -0.161. The first-order valence-electron chi connectivity index (χ1n) is 15.2. The van der Waals surface area contributed by atoms with Crippen molar-refractivity contribution < 1.29 is 24.2 Å². The molecule has 0 heterocycles. The summed E-state index contributed by atoms with van der Waals surface area (Å²) in [6.45, 7) is 3.69. The smallest absolute Gasteiger partial charge is 0.306 e. The minimum absolute atomic E-state index is 0.131. The average molecular weight is 577 g/mol. The van der Waals surface area contributed by atoms with Crippen LogP contribution in [0.5, 0.6) is 0 Å². The summed E-state index contributed by atoms with van der Waals surface area (Å²) in [5.41, 5.74) is 0. The van der Waals surface area contributed by atoms with Crippen molar-refractivity contribution >= 4 is 11.9 Å². The molecular formula is C37H52O5. The number of allylic oxidation sites excluding steroid dienone is 20. The van der Waals surface area contributed by atoms with Gasteiger partial charge in [0.2, 0.25) is 0 Å². The Morgan fingerprint density at radius 3 is 1.45 bits per heavy atom. The van der Waals surface area contributed by atoms with Gasteiger partial charge in [0, 0.05) is 12.8 Å². The third kappa shape index (κ3) is 29.3. The topological polar surface area (TPSA) is 72.8 Å². The molecule has 0 saturated heterocycles. The molecule has 0 aromatic heterocycles. The summed E-state index contributed by atoms with van der Waals surface area (Å²) in [6, 6.07) is 0. The van der Waals surface area contributed by atoms with Gasteiger partial charge in [0.15, 0.2) is 6.10 Å². The van der Waals surface area contributed by atoms with Crippen molar-refractivity contribution in [1.82, 2.24) is 0 Å². The fraction of sp³-hybridized carbons (Fsp3) is 0.405. The van der Waals surface area contributed by atoms with E-state index in [1.807, 2.05) is 103 Å². The minimum Gasteiger partial charge on any atom is -0.462 e. The van der Waals surface area contributed by atoms with E-state index in [1.54, 1.807) is 0 Å². The molecule has 42 heavy (non-hydrogen) atoms. The van der Waals surface area contributed by atoms with E-state index in [9.17, 15) is 14.7 Å². The van der Waals surface area contributed by atoms with Crippen molar-refractivity contribution in [1.29, 1.82) is 0 Å². The first-order valence-corrected chi connectivity index (χ1v) is 15.2. The molecule has 0 amide bonds. The van der Waals surface area contributed by atoms with Crippen LogP contribution in [-0.2, 0) is 19.1 Å². The number of unbranched alkanes of at least 4 members (excludes halogenated alkanes) is 4. The number of carbonyl (C=O) groups is 2. The number of aliphatic hydroxyl groups excluding tert-OH is 1. The maximum Gasteiger partial charge on any atom is 0.306 e. The van der Waals surface area contributed by atoms with E-state index < -0.39 is 6.10 Å². The molecule has 0 aromatic rings. The first kappa shape index (κ1) is 38.3. The zero-order chi connectivity index (χ0) is 30.8. The zero-order valence-electron chi connectivity index (χ0n) is 25.7. The summed E-state index contributed by atoms with van der Waals surface area (Å²) in [5, 5.41) is 9.47. The summed E-state index contributed by atoms with van der Waals surface area (Å²) >= 11 is 0. The molecule has 5 heteroatoms. The highest BCUT2D eigenvalue weighted by atomic mass is 16.6. The molecule has 230 valence electrons. The van der Waals surface area contributed by atoms with Gasteiger partial charge in [0.25, 0.3) is 0 Å². The Bertz CT molecular complexity index is 970. The molecule has 0 rings (SSSR count). The molecule has 0 aliphatic heterocycles. The maximum absolute atomic E-state index is 12.1. The van der Waals surface area contributed by atoms with Crippen LogP contribution in [-0.4, -0.2) is 36.4 Å². The van der Waals surface area contributed by atoms with E-state index in [4.69, 9.17) is 9.47 Å². The number of hydrogen-bond acceptors (Lipinski definition) is 5. The molecule has 0 fully saturated rings. The van der Waals surface area contributed by atoms with Crippen LogP contribution in [0.15, 0.2) is 122 Å². The summed E-state index contributed by atoms with van der Waals surface area (Å²) < 4.78 is 10.4. The van der Waals surface area contributed by atoms with E-state index >= 15 is 0 Å². The predicted molar refractivity (Wildman–Crippen MR) is 177 cm³/mol. The third-order valence-electron chi connectivity index (χ3n) is 5.51. The minimum atomic E-state index is -0.830. The van der Waals surface area contributed by atoms with Crippen LogP contribution in [0.25, 0.3) is 0 Å². The number of carbonyl (C=O) groups excluding carboxylic acids is 2. The molecule has 1 atom stereocenters. The Labute approximate surface area is 254 Å². The van der Waals surface area contributed by atoms with Crippen molar-refractivity contribution in [2.75, 3.05) is 13.2 Å². The standard InChI is InChI=1S/C37H52O5/c1-3-5-7-9-11-13-15-17-18-20-22-24-26-28-30-32-37(40)42-35(33-38)34-41-36(39)31-29-27-25-23-21-19-16-14-12-10-8-6-4-2/h5-23,25,35,38H,3-4,24,26-34H2,1-2H3/b7-5+,8-6+,11-9+,12-10+,15-13+,16-14+,18-17+,21-19+,22-20+,25-23+. The lowest BCUT2D eigenvalue weighted by Gasteiger charge is -2.15. The molecule has 0 bridgehead atoms. The zero-order valence-corrected chi connectivity index (χ0v) is 25.7. The largest absolute Gasteiger partial charge is 0.462 e. The second-order valence-corrected chi connectivity index (χ2v) is 9.31. The van der Waals surface area contributed by atoms with Crippen LogP contribution >= 0.6 is 0 Å². The summed E-state index contributed by atoms with van der Waals surface area (Å²) in [6.07, 6.45) is 46.8. The number of esters is 2. The Morgan fingerprint density at radius 2 is 0.976 bits per heavy atom. The molecule has 0 saturated carbocycles. The second kappa shape index (κ2) is 31.8. The highest BCUT2D eigenvalue weighted by Crippen LogP contribution is 2.07. The number of rotatable bonds is 24. The van der Waals surface area contributed by atoms with Crippen LogP contribution < -0.4 is 0 Å². The molecule has 1 unspecified atom stereocenters. The Kier molecular flexibility index (Phi) is 29.0. The Hall–Kier alpha value is -3.70. The quantitative estimate of drug-likeness (QED) is 0.0705. The van der Waals surface area contributed by atoms with Crippen molar-refractivity contribution in [3.63, 3.8) is 0 Å². The molecule has 0 spiro atoms. The van der Waals surface area contributed by atoms with Gasteiger partial charge in [-0.25, -0.2) is 0 Å². The summed E-state index contributed by atoms with van der Waals surface area (Å²) in [4.78, 5) is 24.0. The van der Waals surface area contributed by atoms with E-state index in [-0.39, 0.29) is 38.0 Å². The van der Waals surface area contributed by atoms with E-state index in [1.165, 1.54) is 0 Å². The normalized spacial score (nSPS) is 13.9. The SMILES string of the molecule is CC/C=C/C=C/C=C/C=C/C=C/CCCCCC(=O)OC(CO)COC(=O)CCC/C=C/C=C/C=C/C=C/C=C/CC. The van der Waals surface area contributed by atoms with Gasteiger partial charge >= 0.3 is 11.9 Å². The van der Waals surface area contributed by atoms with Crippen molar-refractivity contribution in [3.05, 3.63) is 122 Å². The van der Waals surface area contributed by atoms with Crippen molar-refractivity contribution in [2.24, 2.45) is 0 Å². The van der Waals surface area contributed by atoms with Crippen molar-refractivity contribution in [3.8, 4) is 0 Å². The highest BCUT2D eigenvalue weighted by Gasteiger charge is 2.15. The molecular weight excluding hydrogens is 524 g/mol. The van der Waals surface area contributed by atoms with Crippen LogP contribution in [0, 0.1) is 0 Å². The van der Waals surface area contributed by atoms with Gasteiger partial charge in [-0.3, -0.25) is 9.59 Å². The number of aliphatic hydroxyl groups is 1. The lowest BCUT2D eigenvalue weighted by Crippen LogP contribution is -2.28. The molecule has 0 radical (unpaired) electrons. The maximum atomic E-state index is 12.1. The van der Waals surface area contributed by atoms with Crippen molar-refractivity contribution in [2.45, 2.75) is 84.2 Å². The number of hydrogen-bond donors (Lipinski definition) is 1. The van der Waals surface area contributed by atoms with E-state index in [2.05, 4.69) is 32.1 Å². The molecule has 0 aliphatic carbocycles. The van der Waals surface area contributed by atoms with Gasteiger partial charge in [-0.2, -0.15) is 0 Å². The lowest BCUT2D eigenvalue weighted by atomic mass is 10.1. The van der Waals surface area contributed by atoms with Gasteiger partial charge in [0.1, 0.15) is 6.61 Å². The third-order valence-corrected chi connectivity index (χ3v) is 5.51. The monoisotopic (exact) mass is 576 g/mol. The molecule has 0 aliphatic rings. The van der Waals surface area contributed by atoms with Crippen LogP contribution in [0.4, 0.5) is 0 Å². The predicted octanol–water partition coefficient (Wildman–Crippen LogP) is 8.94. The highest BCUT2D eigenvalue weighted by molar-refractivity contribution is 5.70. The van der Waals surface area contributed by atoms with Crippen LogP contribution in [0.1, 0.15) is 78.1 Å². The van der Waals surface area contributed by atoms with Gasteiger partial charge in [0.05, 0.1) is 6.61 Å². The van der Waals surface area contributed by atoms with Crippen LogP contribution in [0.3, 0.4) is 0 Å². The average Bonchev–Trinajstić information content (AvgIpc) is 2.99. The van der Waals surface area contributed by atoms with Gasteiger partial charge in [-0.1, -0.05) is 142 Å².